The molecule has 0 saturated carbocycles. The van der Waals surface area contributed by atoms with Crippen LogP contribution in [0.4, 0.5) is 5.13 Å². The number of rotatable bonds is 2. The van der Waals surface area contributed by atoms with Crippen LogP contribution < -0.4 is 10.5 Å². The molecule has 0 unspecified atom stereocenters. The Morgan fingerprint density at radius 2 is 2.07 bits per heavy atom. The summed E-state index contributed by atoms with van der Waals surface area (Å²) in [6, 6.07) is 8.86. The molecule has 0 spiro atoms. The second-order valence-electron chi connectivity index (χ2n) is 2.77. The molecular weight excluding hydrogens is 212 g/mol. The molecule has 0 saturated heterocycles. The largest absolute Gasteiger partial charge is 0.422 e. The van der Waals surface area contributed by atoms with E-state index in [0.717, 1.165) is 11.3 Å². The summed E-state index contributed by atoms with van der Waals surface area (Å²) in [6.07, 6.45) is 1.41. The Hall–Kier alpha value is -1.88. The molecule has 2 rings (SSSR count). The number of para-hydroxylation sites is 1. The van der Waals surface area contributed by atoms with Crippen LogP contribution in [0.15, 0.2) is 36.5 Å². The molecule has 0 fully saturated rings. The van der Waals surface area contributed by atoms with Crippen LogP contribution in [-0.4, -0.2) is 11.0 Å². The first-order chi connectivity index (χ1) is 7.25. The van der Waals surface area contributed by atoms with Gasteiger partial charge in [-0.15, -0.1) is 0 Å². The van der Waals surface area contributed by atoms with Crippen LogP contribution in [0.3, 0.4) is 0 Å². The Balaban J connectivity index is 2.11. The van der Waals surface area contributed by atoms with Crippen molar-refractivity contribution < 1.29 is 9.53 Å². The number of anilines is 1. The van der Waals surface area contributed by atoms with Crippen LogP contribution in [-0.2, 0) is 0 Å². The van der Waals surface area contributed by atoms with Gasteiger partial charge in [0.1, 0.15) is 10.6 Å². The van der Waals surface area contributed by atoms with E-state index in [2.05, 4.69) is 4.98 Å². The minimum atomic E-state index is -0.435. The molecule has 2 aromatic rings. The molecule has 2 N–H and O–H groups in total. The molecule has 4 nitrogen and oxygen atoms in total. The summed E-state index contributed by atoms with van der Waals surface area (Å²) >= 11 is 1.11. The van der Waals surface area contributed by atoms with E-state index in [1.807, 2.05) is 6.07 Å². The quantitative estimate of drug-likeness (QED) is 0.620. The number of nitrogens with zero attached hydrogens (tertiary/aromatic N) is 1. The van der Waals surface area contributed by atoms with Gasteiger partial charge in [-0.2, -0.15) is 0 Å². The molecule has 0 bridgehead atoms. The first-order valence-electron chi connectivity index (χ1n) is 4.24. The molecule has 15 heavy (non-hydrogen) atoms. The third-order valence-corrected chi connectivity index (χ3v) is 2.49. The molecule has 76 valence electrons. The van der Waals surface area contributed by atoms with E-state index in [1.54, 1.807) is 24.3 Å². The number of nitrogens with two attached hydrogens (primary N) is 1. The number of hydrogen-bond donors (Lipinski definition) is 1. The summed E-state index contributed by atoms with van der Waals surface area (Å²) in [5.74, 6) is 0.0740. The van der Waals surface area contributed by atoms with Gasteiger partial charge in [-0.05, 0) is 12.1 Å². The van der Waals surface area contributed by atoms with Crippen molar-refractivity contribution in [2.24, 2.45) is 0 Å². The Bertz CT molecular complexity index is 467. The van der Waals surface area contributed by atoms with Crippen molar-refractivity contribution in [2.75, 3.05) is 5.73 Å². The predicted octanol–water partition coefficient (Wildman–Crippen LogP) is 1.94. The van der Waals surface area contributed by atoms with Crippen LogP contribution in [0.2, 0.25) is 0 Å². The smallest absolute Gasteiger partial charge is 0.355 e. The lowest BCUT2D eigenvalue weighted by molar-refractivity contribution is 0.0739. The SMILES string of the molecule is Nc1ncc(C(=O)Oc2ccccc2)s1. The third kappa shape index (κ3) is 2.32. The van der Waals surface area contributed by atoms with E-state index in [9.17, 15) is 4.79 Å². The first kappa shape index (κ1) is 9.67. The molecule has 1 aromatic carbocycles. The van der Waals surface area contributed by atoms with Crippen molar-refractivity contribution in [3.8, 4) is 5.75 Å². The number of esters is 1. The monoisotopic (exact) mass is 220 g/mol. The van der Waals surface area contributed by atoms with Crippen LogP contribution in [0.5, 0.6) is 5.75 Å². The molecular formula is C10H8N2O2S. The van der Waals surface area contributed by atoms with Gasteiger partial charge >= 0.3 is 5.97 Å². The van der Waals surface area contributed by atoms with E-state index < -0.39 is 5.97 Å². The fourth-order valence-corrected chi connectivity index (χ4v) is 1.59. The van der Waals surface area contributed by atoms with Gasteiger partial charge in [0.15, 0.2) is 5.13 Å². The molecule has 0 aliphatic carbocycles. The number of carbonyl (C=O) groups is 1. The highest BCUT2D eigenvalue weighted by Crippen LogP contribution is 2.17. The molecule has 0 aliphatic rings. The van der Waals surface area contributed by atoms with Gasteiger partial charge in [0.25, 0.3) is 0 Å². The third-order valence-electron chi connectivity index (χ3n) is 1.68. The maximum absolute atomic E-state index is 11.5. The highest BCUT2D eigenvalue weighted by atomic mass is 32.1. The first-order valence-corrected chi connectivity index (χ1v) is 5.06. The van der Waals surface area contributed by atoms with Gasteiger partial charge in [0.2, 0.25) is 0 Å². The molecule has 0 radical (unpaired) electrons. The summed E-state index contributed by atoms with van der Waals surface area (Å²) in [4.78, 5) is 15.7. The van der Waals surface area contributed by atoms with E-state index in [0.29, 0.717) is 15.8 Å². The Labute approximate surface area is 90.3 Å². The Kier molecular flexibility index (Phi) is 2.64. The van der Waals surface area contributed by atoms with Crippen molar-refractivity contribution in [1.82, 2.24) is 4.98 Å². The van der Waals surface area contributed by atoms with Crippen LogP contribution in [0.1, 0.15) is 9.67 Å². The molecule has 1 heterocycles. The highest BCUT2D eigenvalue weighted by molar-refractivity contribution is 7.17. The second-order valence-corrected chi connectivity index (χ2v) is 3.83. The van der Waals surface area contributed by atoms with Crippen molar-refractivity contribution in [1.29, 1.82) is 0 Å². The van der Waals surface area contributed by atoms with Gasteiger partial charge in [0.05, 0.1) is 6.20 Å². The zero-order valence-corrected chi connectivity index (χ0v) is 8.53. The fraction of sp³-hybridized carbons (Fsp3) is 0. The average Bonchev–Trinajstić information content (AvgIpc) is 2.66. The van der Waals surface area contributed by atoms with Crippen LogP contribution >= 0.6 is 11.3 Å². The Morgan fingerprint density at radius 1 is 1.33 bits per heavy atom. The summed E-state index contributed by atoms with van der Waals surface area (Å²) in [6.45, 7) is 0. The lowest BCUT2D eigenvalue weighted by Crippen LogP contribution is -2.05. The van der Waals surface area contributed by atoms with Gasteiger partial charge in [0, 0.05) is 0 Å². The number of ether oxygens (including phenoxy) is 1. The molecule has 0 amide bonds. The van der Waals surface area contributed by atoms with Crippen LogP contribution in [0, 0.1) is 0 Å². The minimum absolute atomic E-state index is 0.356. The predicted molar refractivity (Wildman–Crippen MR) is 57.9 cm³/mol. The molecule has 5 heteroatoms. The normalized spacial score (nSPS) is 9.87. The van der Waals surface area contributed by atoms with E-state index in [-0.39, 0.29) is 0 Å². The lowest BCUT2D eigenvalue weighted by atomic mass is 10.3. The molecule has 0 atom stereocenters. The van der Waals surface area contributed by atoms with Gasteiger partial charge < -0.3 is 10.5 Å². The van der Waals surface area contributed by atoms with Gasteiger partial charge in [-0.3, -0.25) is 0 Å². The average molecular weight is 220 g/mol. The number of benzene rings is 1. The number of thiazole rings is 1. The summed E-state index contributed by atoms with van der Waals surface area (Å²) in [5, 5.41) is 0.356. The zero-order valence-electron chi connectivity index (χ0n) is 7.71. The fourth-order valence-electron chi connectivity index (χ4n) is 1.03. The van der Waals surface area contributed by atoms with Gasteiger partial charge in [-0.25, -0.2) is 9.78 Å². The number of nitrogen functional groups attached to an aromatic ring is 1. The summed E-state index contributed by atoms with van der Waals surface area (Å²) in [7, 11) is 0. The maximum Gasteiger partial charge on any atom is 0.355 e. The molecule has 0 aliphatic heterocycles. The number of aromatic nitrogens is 1. The van der Waals surface area contributed by atoms with Crippen molar-refractivity contribution in [2.45, 2.75) is 0 Å². The van der Waals surface area contributed by atoms with E-state index in [4.69, 9.17) is 10.5 Å². The van der Waals surface area contributed by atoms with Crippen molar-refractivity contribution in [3.05, 3.63) is 41.4 Å². The second kappa shape index (κ2) is 4.10. The van der Waals surface area contributed by atoms with E-state index in [1.165, 1.54) is 6.20 Å². The van der Waals surface area contributed by atoms with Crippen molar-refractivity contribution >= 4 is 22.4 Å². The topological polar surface area (TPSA) is 65.2 Å². The van der Waals surface area contributed by atoms with Crippen LogP contribution in [0.25, 0.3) is 0 Å². The zero-order chi connectivity index (χ0) is 10.7. The lowest BCUT2D eigenvalue weighted by Gasteiger charge is -2.00. The van der Waals surface area contributed by atoms with Gasteiger partial charge in [-0.1, -0.05) is 29.5 Å². The maximum atomic E-state index is 11.5. The van der Waals surface area contributed by atoms with E-state index >= 15 is 0 Å². The Morgan fingerprint density at radius 3 is 2.67 bits per heavy atom. The minimum Gasteiger partial charge on any atom is -0.422 e. The summed E-state index contributed by atoms with van der Waals surface area (Å²) in [5.41, 5.74) is 5.41. The number of hydrogen-bond acceptors (Lipinski definition) is 5. The standard InChI is InChI=1S/C10H8N2O2S/c11-10-12-6-8(15-10)9(13)14-7-4-2-1-3-5-7/h1-6H,(H2,11,12). The number of carbonyl (C=O) groups excluding carboxylic acids is 1. The highest BCUT2D eigenvalue weighted by Gasteiger charge is 2.11. The van der Waals surface area contributed by atoms with Crippen molar-refractivity contribution in [3.63, 3.8) is 0 Å². The molecule has 1 aromatic heterocycles. The summed E-state index contributed by atoms with van der Waals surface area (Å²) < 4.78 is 5.09.